The molecule has 2 N–H and O–H groups in total. The summed E-state index contributed by atoms with van der Waals surface area (Å²) >= 11 is 6.07. The average molecular weight is 387 g/mol. The van der Waals surface area contributed by atoms with Crippen LogP contribution in [0.15, 0.2) is 42.5 Å². The van der Waals surface area contributed by atoms with Gasteiger partial charge >= 0.3 is 6.03 Å². The van der Waals surface area contributed by atoms with E-state index in [1.165, 1.54) is 6.92 Å². The fourth-order valence-corrected chi connectivity index (χ4v) is 3.26. The minimum atomic E-state index is -0.145. The Hall–Kier alpha value is -2.73. The maximum Gasteiger partial charge on any atom is 0.321 e. The van der Waals surface area contributed by atoms with E-state index >= 15 is 0 Å². The molecule has 1 saturated heterocycles. The number of piperazine rings is 1. The molecule has 2 aromatic carbocycles. The Morgan fingerprint density at radius 2 is 1.74 bits per heavy atom. The molecule has 27 heavy (non-hydrogen) atoms. The lowest BCUT2D eigenvalue weighted by atomic mass is 10.1. The van der Waals surface area contributed by atoms with Crippen molar-refractivity contribution < 1.29 is 9.59 Å². The smallest absolute Gasteiger partial charge is 0.321 e. The zero-order chi connectivity index (χ0) is 19.4. The number of amides is 3. The van der Waals surface area contributed by atoms with Crippen molar-refractivity contribution in [2.75, 3.05) is 41.7 Å². The van der Waals surface area contributed by atoms with Gasteiger partial charge in [-0.2, -0.15) is 0 Å². The van der Waals surface area contributed by atoms with E-state index in [-0.39, 0.29) is 11.9 Å². The lowest BCUT2D eigenvalue weighted by Crippen LogP contribution is -2.50. The molecule has 2 aromatic rings. The molecule has 1 aliphatic heterocycles. The van der Waals surface area contributed by atoms with Crippen LogP contribution in [0.3, 0.4) is 0 Å². The van der Waals surface area contributed by atoms with Crippen molar-refractivity contribution >= 4 is 40.6 Å². The van der Waals surface area contributed by atoms with Gasteiger partial charge in [-0.3, -0.25) is 4.79 Å². The van der Waals surface area contributed by atoms with Crippen LogP contribution in [-0.2, 0) is 4.79 Å². The highest BCUT2D eigenvalue weighted by atomic mass is 35.5. The van der Waals surface area contributed by atoms with Crippen molar-refractivity contribution in [3.63, 3.8) is 0 Å². The summed E-state index contributed by atoms with van der Waals surface area (Å²) in [7, 11) is 0. The lowest BCUT2D eigenvalue weighted by Gasteiger charge is -2.36. The summed E-state index contributed by atoms with van der Waals surface area (Å²) < 4.78 is 0. The highest BCUT2D eigenvalue weighted by molar-refractivity contribution is 6.30. The molecule has 0 radical (unpaired) electrons. The molecule has 0 aromatic heterocycles. The summed E-state index contributed by atoms with van der Waals surface area (Å²) in [5.74, 6) is -0.145. The maximum atomic E-state index is 12.6. The van der Waals surface area contributed by atoms with Crippen molar-refractivity contribution in [2.45, 2.75) is 13.8 Å². The van der Waals surface area contributed by atoms with Gasteiger partial charge < -0.3 is 20.4 Å². The van der Waals surface area contributed by atoms with E-state index in [9.17, 15) is 9.59 Å². The number of hydrogen-bond donors (Lipinski definition) is 2. The summed E-state index contributed by atoms with van der Waals surface area (Å²) in [4.78, 5) is 27.9. The monoisotopic (exact) mass is 386 g/mol. The highest BCUT2D eigenvalue weighted by Crippen LogP contribution is 2.23. The Labute approximate surface area is 164 Å². The first-order valence-electron chi connectivity index (χ1n) is 8.87. The second kappa shape index (κ2) is 8.31. The van der Waals surface area contributed by atoms with Gasteiger partial charge in [-0.05, 0) is 42.8 Å². The molecule has 0 bridgehead atoms. The summed E-state index contributed by atoms with van der Waals surface area (Å²) in [6, 6.07) is 13.1. The van der Waals surface area contributed by atoms with Crippen molar-refractivity contribution in [1.29, 1.82) is 0 Å². The van der Waals surface area contributed by atoms with Crippen LogP contribution < -0.4 is 15.5 Å². The van der Waals surface area contributed by atoms with Gasteiger partial charge in [0.15, 0.2) is 0 Å². The van der Waals surface area contributed by atoms with Gasteiger partial charge in [-0.1, -0.05) is 23.7 Å². The summed E-state index contributed by atoms with van der Waals surface area (Å²) in [5.41, 5.74) is 3.37. The minimum Gasteiger partial charge on any atom is -0.368 e. The normalized spacial score (nSPS) is 14.0. The van der Waals surface area contributed by atoms with E-state index in [2.05, 4.69) is 15.5 Å². The third-order valence-corrected chi connectivity index (χ3v) is 4.77. The van der Waals surface area contributed by atoms with Crippen molar-refractivity contribution in [3.8, 4) is 0 Å². The number of nitrogens with one attached hydrogen (secondary N) is 2. The standard InChI is InChI=1S/C20H23ClN4O2/c1-14-6-7-17(22-15(2)26)13-19(14)23-20(27)25-10-8-24(9-11-25)18-5-3-4-16(21)12-18/h3-7,12-13H,8-11H2,1-2H3,(H,22,26)(H,23,27). The molecule has 0 atom stereocenters. The predicted molar refractivity (Wildman–Crippen MR) is 110 cm³/mol. The number of benzene rings is 2. The zero-order valence-corrected chi connectivity index (χ0v) is 16.2. The Morgan fingerprint density at radius 3 is 2.41 bits per heavy atom. The van der Waals surface area contributed by atoms with Crippen LogP contribution in [-0.4, -0.2) is 43.0 Å². The van der Waals surface area contributed by atoms with E-state index in [1.54, 1.807) is 11.0 Å². The second-order valence-electron chi connectivity index (χ2n) is 6.60. The zero-order valence-electron chi connectivity index (χ0n) is 15.5. The fraction of sp³-hybridized carbons (Fsp3) is 0.300. The Balaban J connectivity index is 1.60. The first kappa shape index (κ1) is 19.0. The van der Waals surface area contributed by atoms with E-state index in [0.717, 1.165) is 24.3 Å². The summed E-state index contributed by atoms with van der Waals surface area (Å²) in [6.07, 6.45) is 0. The number of aryl methyl sites for hydroxylation is 1. The molecule has 1 heterocycles. The topological polar surface area (TPSA) is 64.7 Å². The van der Waals surface area contributed by atoms with E-state index < -0.39 is 0 Å². The van der Waals surface area contributed by atoms with Gasteiger partial charge in [0, 0.05) is 55.2 Å². The van der Waals surface area contributed by atoms with Crippen LogP contribution in [0.25, 0.3) is 0 Å². The number of hydrogen-bond acceptors (Lipinski definition) is 3. The third-order valence-electron chi connectivity index (χ3n) is 4.54. The first-order chi connectivity index (χ1) is 12.9. The van der Waals surface area contributed by atoms with Crippen LogP contribution in [0.1, 0.15) is 12.5 Å². The van der Waals surface area contributed by atoms with Gasteiger partial charge in [-0.25, -0.2) is 4.79 Å². The molecule has 3 amide bonds. The molecule has 142 valence electrons. The predicted octanol–water partition coefficient (Wildman–Crippen LogP) is 3.96. The van der Waals surface area contributed by atoms with Crippen molar-refractivity contribution in [3.05, 3.63) is 53.1 Å². The van der Waals surface area contributed by atoms with Crippen LogP contribution in [0.4, 0.5) is 21.9 Å². The molecular weight excluding hydrogens is 364 g/mol. The third kappa shape index (κ3) is 4.92. The Morgan fingerprint density at radius 1 is 1.00 bits per heavy atom. The first-order valence-corrected chi connectivity index (χ1v) is 9.25. The van der Waals surface area contributed by atoms with Crippen LogP contribution in [0.5, 0.6) is 0 Å². The number of carbonyl (C=O) groups excluding carboxylic acids is 2. The van der Waals surface area contributed by atoms with Crippen LogP contribution in [0, 0.1) is 6.92 Å². The lowest BCUT2D eigenvalue weighted by molar-refractivity contribution is -0.114. The van der Waals surface area contributed by atoms with Gasteiger partial charge in [0.25, 0.3) is 0 Å². The number of urea groups is 1. The van der Waals surface area contributed by atoms with Gasteiger partial charge in [-0.15, -0.1) is 0 Å². The van der Waals surface area contributed by atoms with Crippen LogP contribution in [0.2, 0.25) is 5.02 Å². The highest BCUT2D eigenvalue weighted by Gasteiger charge is 2.22. The second-order valence-corrected chi connectivity index (χ2v) is 7.03. The fourth-order valence-electron chi connectivity index (χ4n) is 3.07. The molecule has 1 aliphatic rings. The van der Waals surface area contributed by atoms with Gasteiger partial charge in [0.1, 0.15) is 0 Å². The number of carbonyl (C=O) groups is 2. The molecule has 6 nitrogen and oxygen atoms in total. The molecule has 0 spiro atoms. The van der Waals surface area contributed by atoms with Gasteiger partial charge in [0.05, 0.1) is 0 Å². The van der Waals surface area contributed by atoms with Crippen LogP contribution >= 0.6 is 11.6 Å². The van der Waals surface area contributed by atoms with E-state index in [0.29, 0.717) is 29.5 Å². The molecule has 0 unspecified atom stereocenters. The minimum absolute atomic E-state index is 0.135. The summed E-state index contributed by atoms with van der Waals surface area (Å²) in [5, 5.41) is 6.40. The molecule has 7 heteroatoms. The maximum absolute atomic E-state index is 12.6. The van der Waals surface area contributed by atoms with Gasteiger partial charge in [0.2, 0.25) is 5.91 Å². The molecule has 0 saturated carbocycles. The van der Waals surface area contributed by atoms with Crippen molar-refractivity contribution in [2.24, 2.45) is 0 Å². The molecule has 1 fully saturated rings. The Kier molecular flexibility index (Phi) is 5.86. The molecular formula is C20H23ClN4O2. The molecule has 3 rings (SSSR count). The van der Waals surface area contributed by atoms with Crippen molar-refractivity contribution in [1.82, 2.24) is 4.90 Å². The van der Waals surface area contributed by atoms with E-state index in [1.807, 2.05) is 43.3 Å². The summed E-state index contributed by atoms with van der Waals surface area (Å²) in [6.45, 7) is 6.13. The number of anilines is 3. The number of nitrogens with zero attached hydrogens (tertiary/aromatic N) is 2. The SMILES string of the molecule is CC(=O)Nc1ccc(C)c(NC(=O)N2CCN(c3cccc(Cl)c3)CC2)c1. The Bertz CT molecular complexity index is 848. The number of rotatable bonds is 3. The van der Waals surface area contributed by atoms with E-state index in [4.69, 9.17) is 11.6 Å². The molecule has 0 aliphatic carbocycles. The quantitative estimate of drug-likeness (QED) is 0.839. The largest absolute Gasteiger partial charge is 0.368 e. The average Bonchev–Trinajstić information content (AvgIpc) is 2.64. The number of halogens is 1.